The van der Waals surface area contributed by atoms with Crippen LogP contribution in [-0.4, -0.2) is 42.9 Å². The van der Waals surface area contributed by atoms with E-state index in [-0.39, 0.29) is 41.6 Å². The molecule has 0 saturated heterocycles. The average molecular weight is 430 g/mol. The van der Waals surface area contributed by atoms with Crippen molar-refractivity contribution in [3.05, 3.63) is 58.2 Å². The van der Waals surface area contributed by atoms with E-state index < -0.39 is 17.6 Å². The second-order valence-electron chi connectivity index (χ2n) is 7.55. The molecule has 0 atom stereocenters. The van der Waals surface area contributed by atoms with Gasteiger partial charge in [-0.3, -0.25) is 4.98 Å². The smallest absolute Gasteiger partial charge is 0.358 e. The normalized spacial score (nSPS) is 16.1. The quantitative estimate of drug-likeness (QED) is 0.613. The molecule has 0 bridgehead atoms. The highest BCUT2D eigenvalue weighted by Crippen LogP contribution is 2.40. The maximum Gasteiger partial charge on any atom is 0.358 e. The fourth-order valence-electron chi connectivity index (χ4n) is 3.70. The molecule has 1 saturated carbocycles. The highest BCUT2D eigenvalue weighted by Gasteiger charge is 2.29. The van der Waals surface area contributed by atoms with Gasteiger partial charge in [-0.2, -0.15) is 0 Å². The molecule has 1 aromatic heterocycles. The zero-order valence-corrected chi connectivity index (χ0v) is 17.5. The Kier molecular flexibility index (Phi) is 6.27. The summed E-state index contributed by atoms with van der Waals surface area (Å²) in [5, 5.41) is 0. The Hall–Kier alpha value is -2.87. The van der Waals surface area contributed by atoms with E-state index in [1.807, 2.05) is 6.08 Å². The van der Waals surface area contributed by atoms with E-state index in [4.69, 9.17) is 14.2 Å². The zero-order valence-electron chi connectivity index (χ0n) is 17.5. The zero-order chi connectivity index (χ0) is 22.0. The van der Waals surface area contributed by atoms with Gasteiger partial charge in [0.25, 0.3) is 0 Å². The van der Waals surface area contributed by atoms with Crippen LogP contribution in [0.4, 0.5) is 8.78 Å². The summed E-state index contributed by atoms with van der Waals surface area (Å²) in [6.45, 7) is 2.93. The molecule has 164 valence electrons. The standard InChI is InChI=1S/C23H24F2N2O4/c1-3-31-22-15(13-6-8-30-9-7-13)10-17(24)20(25)16(22)11-18-21(23(28)29-2)27-19(12-26-18)14-4-5-14/h6,10,12,14H,3-5,7-9,11H2,1-2H3. The lowest BCUT2D eigenvalue weighted by molar-refractivity contribution is 0.0591. The molecule has 1 aliphatic heterocycles. The molecule has 2 aliphatic rings. The van der Waals surface area contributed by atoms with Crippen LogP contribution in [0.5, 0.6) is 5.75 Å². The summed E-state index contributed by atoms with van der Waals surface area (Å²) in [5.41, 5.74) is 2.27. The second-order valence-corrected chi connectivity index (χ2v) is 7.55. The van der Waals surface area contributed by atoms with Crippen molar-refractivity contribution in [1.82, 2.24) is 9.97 Å². The van der Waals surface area contributed by atoms with E-state index in [0.29, 0.717) is 30.9 Å². The number of ether oxygens (including phenoxy) is 3. The molecular weight excluding hydrogens is 406 g/mol. The summed E-state index contributed by atoms with van der Waals surface area (Å²) in [6, 6.07) is 1.16. The third kappa shape index (κ3) is 4.44. The van der Waals surface area contributed by atoms with Crippen LogP contribution in [0, 0.1) is 11.6 Å². The molecular formula is C23H24F2N2O4. The van der Waals surface area contributed by atoms with Gasteiger partial charge in [-0.25, -0.2) is 18.6 Å². The Morgan fingerprint density at radius 3 is 2.77 bits per heavy atom. The van der Waals surface area contributed by atoms with Crippen molar-refractivity contribution in [3.8, 4) is 5.75 Å². The van der Waals surface area contributed by atoms with Gasteiger partial charge in [0, 0.05) is 29.7 Å². The van der Waals surface area contributed by atoms with Crippen molar-refractivity contribution in [2.24, 2.45) is 0 Å². The number of carbonyl (C=O) groups is 1. The van der Waals surface area contributed by atoms with Gasteiger partial charge in [0.15, 0.2) is 17.3 Å². The van der Waals surface area contributed by atoms with Crippen molar-refractivity contribution in [1.29, 1.82) is 0 Å². The minimum Gasteiger partial charge on any atom is -0.493 e. The van der Waals surface area contributed by atoms with Crippen LogP contribution in [0.1, 0.15) is 65.1 Å². The van der Waals surface area contributed by atoms with Gasteiger partial charge in [0.1, 0.15) is 5.75 Å². The number of halogens is 2. The predicted octanol–water partition coefficient (Wildman–Crippen LogP) is 4.21. The summed E-state index contributed by atoms with van der Waals surface area (Å²) in [5.74, 6) is -2.14. The molecule has 0 radical (unpaired) electrons. The maximum atomic E-state index is 15.0. The van der Waals surface area contributed by atoms with E-state index in [0.717, 1.165) is 24.5 Å². The van der Waals surface area contributed by atoms with E-state index in [1.54, 1.807) is 13.1 Å². The maximum absolute atomic E-state index is 15.0. The lowest BCUT2D eigenvalue weighted by Crippen LogP contribution is -2.15. The van der Waals surface area contributed by atoms with Crippen LogP contribution in [0.25, 0.3) is 5.57 Å². The number of esters is 1. The first-order chi connectivity index (χ1) is 15.0. The van der Waals surface area contributed by atoms with Crippen LogP contribution in [0.15, 0.2) is 18.3 Å². The van der Waals surface area contributed by atoms with Crippen molar-refractivity contribution >= 4 is 11.5 Å². The van der Waals surface area contributed by atoms with Gasteiger partial charge in [-0.15, -0.1) is 0 Å². The predicted molar refractivity (Wildman–Crippen MR) is 109 cm³/mol. The molecule has 0 amide bonds. The Labute approximate surface area is 179 Å². The number of nitrogens with zero attached hydrogens (tertiary/aromatic N) is 2. The summed E-state index contributed by atoms with van der Waals surface area (Å²) in [7, 11) is 1.25. The van der Waals surface area contributed by atoms with Crippen molar-refractivity contribution < 1.29 is 27.8 Å². The van der Waals surface area contributed by atoms with E-state index in [1.165, 1.54) is 7.11 Å². The highest BCUT2D eigenvalue weighted by atomic mass is 19.2. The van der Waals surface area contributed by atoms with Gasteiger partial charge in [-0.05, 0) is 37.8 Å². The third-order valence-corrected chi connectivity index (χ3v) is 5.45. The van der Waals surface area contributed by atoms with Crippen LogP contribution >= 0.6 is 0 Å². The molecule has 6 nitrogen and oxygen atoms in total. The van der Waals surface area contributed by atoms with Crippen LogP contribution in [-0.2, 0) is 15.9 Å². The first kappa shape index (κ1) is 21.4. The van der Waals surface area contributed by atoms with E-state index in [2.05, 4.69) is 9.97 Å². The minimum atomic E-state index is -1.02. The van der Waals surface area contributed by atoms with Crippen LogP contribution < -0.4 is 4.74 Å². The molecule has 2 heterocycles. The minimum absolute atomic E-state index is 0.00265. The summed E-state index contributed by atoms with van der Waals surface area (Å²) >= 11 is 0. The lowest BCUT2D eigenvalue weighted by Gasteiger charge is -2.21. The molecule has 0 unspecified atom stereocenters. The fourth-order valence-corrected chi connectivity index (χ4v) is 3.70. The van der Waals surface area contributed by atoms with E-state index >= 15 is 0 Å². The van der Waals surface area contributed by atoms with Gasteiger partial charge < -0.3 is 14.2 Å². The number of aromatic nitrogens is 2. The Morgan fingerprint density at radius 1 is 1.32 bits per heavy atom. The van der Waals surface area contributed by atoms with Crippen LogP contribution in [0.2, 0.25) is 0 Å². The molecule has 0 N–H and O–H groups in total. The SMILES string of the molecule is CCOc1c(C2=CCOCC2)cc(F)c(F)c1Cc1ncc(C2CC2)nc1C(=O)OC. The van der Waals surface area contributed by atoms with Crippen LogP contribution in [0.3, 0.4) is 0 Å². The molecule has 1 aliphatic carbocycles. The number of carbonyl (C=O) groups excluding carboxylic acids is 1. The van der Waals surface area contributed by atoms with Crippen molar-refractivity contribution in [2.45, 2.75) is 38.5 Å². The third-order valence-electron chi connectivity index (χ3n) is 5.45. The number of benzene rings is 1. The van der Waals surface area contributed by atoms with Crippen molar-refractivity contribution in [3.63, 3.8) is 0 Å². The van der Waals surface area contributed by atoms with Gasteiger partial charge in [0.2, 0.25) is 0 Å². The van der Waals surface area contributed by atoms with Gasteiger partial charge in [-0.1, -0.05) is 6.08 Å². The monoisotopic (exact) mass is 430 g/mol. The highest BCUT2D eigenvalue weighted by molar-refractivity contribution is 5.88. The molecule has 0 spiro atoms. The fraction of sp³-hybridized carbons (Fsp3) is 0.435. The van der Waals surface area contributed by atoms with E-state index in [9.17, 15) is 13.6 Å². The summed E-state index contributed by atoms with van der Waals surface area (Å²) in [4.78, 5) is 21.1. The molecule has 4 rings (SSSR count). The Balaban J connectivity index is 1.81. The lowest BCUT2D eigenvalue weighted by atomic mass is 9.95. The first-order valence-corrected chi connectivity index (χ1v) is 10.4. The molecule has 1 fully saturated rings. The summed E-state index contributed by atoms with van der Waals surface area (Å²) in [6.07, 6.45) is 5.82. The largest absolute Gasteiger partial charge is 0.493 e. The first-order valence-electron chi connectivity index (χ1n) is 10.4. The molecule has 31 heavy (non-hydrogen) atoms. The Morgan fingerprint density at radius 2 is 2.13 bits per heavy atom. The van der Waals surface area contributed by atoms with Gasteiger partial charge >= 0.3 is 5.97 Å². The Bertz CT molecular complexity index is 1030. The average Bonchev–Trinajstić information content (AvgIpc) is 3.64. The topological polar surface area (TPSA) is 70.5 Å². The summed E-state index contributed by atoms with van der Waals surface area (Å²) < 4.78 is 45.6. The second kappa shape index (κ2) is 9.09. The molecule has 1 aromatic carbocycles. The van der Waals surface area contributed by atoms with Crippen molar-refractivity contribution in [2.75, 3.05) is 26.9 Å². The number of methoxy groups -OCH3 is 1. The number of hydrogen-bond acceptors (Lipinski definition) is 6. The number of rotatable bonds is 7. The molecule has 2 aromatic rings. The number of hydrogen-bond donors (Lipinski definition) is 0. The van der Waals surface area contributed by atoms with Gasteiger partial charge in [0.05, 0.1) is 38.3 Å². The molecule has 8 heteroatoms.